The molecule has 1 unspecified atom stereocenters. The van der Waals surface area contributed by atoms with Gasteiger partial charge in [0.1, 0.15) is 6.67 Å². The molecule has 11 heavy (non-hydrogen) atoms. The molecule has 0 N–H and O–H groups in total. The van der Waals surface area contributed by atoms with Gasteiger partial charge in [-0.2, -0.15) is 0 Å². The van der Waals surface area contributed by atoms with Gasteiger partial charge in [0, 0.05) is 4.90 Å². The van der Waals surface area contributed by atoms with Crippen LogP contribution in [0.1, 0.15) is 0 Å². The summed E-state index contributed by atoms with van der Waals surface area (Å²) in [5.74, 6) is 0. The Labute approximate surface area is 68.6 Å². The highest BCUT2D eigenvalue weighted by atomic mass is 32.2. The van der Waals surface area contributed by atoms with E-state index in [0.29, 0.717) is 0 Å². The molecule has 3 heteroatoms. The van der Waals surface area contributed by atoms with Crippen molar-refractivity contribution >= 4 is 11.8 Å². The monoisotopic (exact) mass is 174 g/mol. The molecule has 0 aliphatic heterocycles. The minimum atomic E-state index is -1.43. The van der Waals surface area contributed by atoms with E-state index in [4.69, 9.17) is 0 Å². The van der Waals surface area contributed by atoms with E-state index in [-0.39, 0.29) is 0 Å². The third kappa shape index (κ3) is 2.89. The van der Waals surface area contributed by atoms with E-state index >= 15 is 0 Å². The summed E-state index contributed by atoms with van der Waals surface area (Å²) in [4.78, 5) is 0.762. The van der Waals surface area contributed by atoms with Crippen LogP contribution in [0.25, 0.3) is 0 Å². The number of halogens is 2. The first kappa shape index (κ1) is 8.53. The van der Waals surface area contributed by atoms with Crippen LogP contribution < -0.4 is 0 Å². The summed E-state index contributed by atoms with van der Waals surface area (Å²) in [5, 5.41) is 0. The highest BCUT2D eigenvalue weighted by Gasteiger charge is 2.05. The molecular formula is C8H8F2S. The Kier molecular flexibility index (Phi) is 3.36. The first-order valence-corrected chi connectivity index (χ1v) is 4.12. The van der Waals surface area contributed by atoms with Crippen molar-refractivity contribution in [2.24, 2.45) is 0 Å². The quantitative estimate of drug-likeness (QED) is 0.635. The fourth-order valence-electron chi connectivity index (χ4n) is 0.678. The number of benzene rings is 1. The van der Waals surface area contributed by atoms with Gasteiger partial charge < -0.3 is 0 Å². The van der Waals surface area contributed by atoms with Gasteiger partial charge in [-0.3, -0.25) is 0 Å². The zero-order chi connectivity index (χ0) is 8.10. The Bertz CT molecular complexity index is 201. The lowest BCUT2D eigenvalue weighted by atomic mass is 10.4. The number of hydrogen-bond donors (Lipinski definition) is 0. The SMILES string of the molecule is FCC(F)Sc1ccccc1. The van der Waals surface area contributed by atoms with E-state index in [1.54, 1.807) is 24.3 Å². The van der Waals surface area contributed by atoms with Gasteiger partial charge >= 0.3 is 0 Å². The van der Waals surface area contributed by atoms with Crippen LogP contribution in [0.15, 0.2) is 35.2 Å². The number of rotatable bonds is 3. The second kappa shape index (κ2) is 4.34. The van der Waals surface area contributed by atoms with Crippen LogP contribution in [0, 0.1) is 0 Å². The molecule has 0 aromatic heterocycles. The van der Waals surface area contributed by atoms with Gasteiger partial charge in [0.05, 0.1) is 0 Å². The van der Waals surface area contributed by atoms with Crippen molar-refractivity contribution in [2.75, 3.05) is 6.67 Å². The molecule has 0 saturated carbocycles. The zero-order valence-electron chi connectivity index (χ0n) is 5.84. The molecule has 0 fully saturated rings. The lowest BCUT2D eigenvalue weighted by Gasteiger charge is -2.01. The van der Waals surface area contributed by atoms with Crippen molar-refractivity contribution in [1.82, 2.24) is 0 Å². The number of hydrogen-bond acceptors (Lipinski definition) is 1. The molecule has 0 bridgehead atoms. The molecule has 0 amide bonds. The first-order valence-electron chi connectivity index (χ1n) is 3.24. The van der Waals surface area contributed by atoms with Crippen LogP contribution in [0.2, 0.25) is 0 Å². The predicted molar refractivity (Wildman–Crippen MR) is 43.2 cm³/mol. The summed E-state index contributed by atoms with van der Waals surface area (Å²) in [7, 11) is 0. The molecule has 0 nitrogen and oxygen atoms in total. The Morgan fingerprint density at radius 1 is 1.27 bits per heavy atom. The normalized spacial score (nSPS) is 12.9. The van der Waals surface area contributed by atoms with Gasteiger partial charge in [0.25, 0.3) is 0 Å². The van der Waals surface area contributed by atoms with Crippen LogP contribution in [-0.4, -0.2) is 12.2 Å². The molecule has 0 heterocycles. The van der Waals surface area contributed by atoms with Crippen LogP contribution >= 0.6 is 11.8 Å². The Balaban J connectivity index is 2.51. The van der Waals surface area contributed by atoms with Gasteiger partial charge in [-0.25, -0.2) is 8.78 Å². The zero-order valence-corrected chi connectivity index (χ0v) is 6.65. The van der Waals surface area contributed by atoms with E-state index in [1.165, 1.54) is 0 Å². The standard InChI is InChI=1S/C8H8F2S/c9-6-8(10)11-7-4-2-1-3-5-7/h1-5,8H,6H2. The van der Waals surface area contributed by atoms with E-state index in [1.807, 2.05) is 6.07 Å². The minimum absolute atomic E-state index is 0.762. The number of alkyl halides is 2. The Morgan fingerprint density at radius 3 is 2.45 bits per heavy atom. The van der Waals surface area contributed by atoms with Gasteiger partial charge in [-0.1, -0.05) is 30.0 Å². The second-order valence-electron chi connectivity index (χ2n) is 2.00. The van der Waals surface area contributed by atoms with Crippen molar-refractivity contribution in [3.8, 4) is 0 Å². The van der Waals surface area contributed by atoms with Crippen molar-refractivity contribution in [2.45, 2.75) is 10.4 Å². The lowest BCUT2D eigenvalue weighted by molar-refractivity contribution is 0.348. The molecule has 1 aromatic rings. The fraction of sp³-hybridized carbons (Fsp3) is 0.250. The highest BCUT2D eigenvalue weighted by molar-refractivity contribution is 7.99. The molecule has 1 rings (SSSR count). The van der Waals surface area contributed by atoms with Crippen molar-refractivity contribution < 1.29 is 8.78 Å². The van der Waals surface area contributed by atoms with E-state index in [9.17, 15) is 8.78 Å². The highest BCUT2D eigenvalue weighted by Crippen LogP contribution is 2.23. The summed E-state index contributed by atoms with van der Waals surface area (Å²) >= 11 is 0.902. The maximum atomic E-state index is 12.4. The van der Waals surface area contributed by atoms with Gasteiger partial charge in [0.15, 0.2) is 5.50 Å². The Hall–Kier alpha value is -0.570. The largest absolute Gasteiger partial charge is 0.247 e. The van der Waals surface area contributed by atoms with Crippen molar-refractivity contribution in [3.63, 3.8) is 0 Å². The molecule has 0 aliphatic rings. The fourth-order valence-corrected chi connectivity index (χ4v) is 1.35. The third-order valence-electron chi connectivity index (χ3n) is 1.13. The number of thioether (sulfide) groups is 1. The van der Waals surface area contributed by atoms with Crippen LogP contribution in [-0.2, 0) is 0 Å². The van der Waals surface area contributed by atoms with Crippen LogP contribution in [0.5, 0.6) is 0 Å². The summed E-state index contributed by atoms with van der Waals surface area (Å²) < 4.78 is 24.1. The van der Waals surface area contributed by atoms with Crippen LogP contribution in [0.3, 0.4) is 0 Å². The van der Waals surface area contributed by atoms with E-state index in [0.717, 1.165) is 16.7 Å². The summed E-state index contributed by atoms with van der Waals surface area (Å²) in [6.45, 7) is -0.931. The topological polar surface area (TPSA) is 0 Å². The smallest absolute Gasteiger partial charge is 0.178 e. The lowest BCUT2D eigenvalue weighted by Crippen LogP contribution is -1.94. The molecular weight excluding hydrogens is 166 g/mol. The molecule has 0 saturated heterocycles. The van der Waals surface area contributed by atoms with Crippen molar-refractivity contribution in [1.29, 1.82) is 0 Å². The van der Waals surface area contributed by atoms with E-state index in [2.05, 4.69) is 0 Å². The van der Waals surface area contributed by atoms with Gasteiger partial charge in [-0.15, -0.1) is 0 Å². The molecule has 60 valence electrons. The Morgan fingerprint density at radius 2 is 1.91 bits per heavy atom. The van der Waals surface area contributed by atoms with Gasteiger partial charge in [-0.05, 0) is 12.1 Å². The predicted octanol–water partition coefficient (Wildman–Crippen LogP) is 3.04. The third-order valence-corrected chi connectivity index (χ3v) is 2.05. The molecule has 1 aromatic carbocycles. The average Bonchev–Trinajstić information content (AvgIpc) is 2.06. The van der Waals surface area contributed by atoms with Crippen LogP contribution in [0.4, 0.5) is 8.78 Å². The average molecular weight is 174 g/mol. The molecule has 1 atom stereocenters. The van der Waals surface area contributed by atoms with Gasteiger partial charge in [0.2, 0.25) is 0 Å². The van der Waals surface area contributed by atoms with E-state index < -0.39 is 12.2 Å². The molecule has 0 radical (unpaired) electrons. The summed E-state index contributed by atoms with van der Waals surface area (Å²) in [6, 6.07) is 8.95. The van der Waals surface area contributed by atoms with Crippen molar-refractivity contribution in [3.05, 3.63) is 30.3 Å². The maximum Gasteiger partial charge on any atom is 0.178 e. The maximum absolute atomic E-state index is 12.4. The first-order chi connectivity index (χ1) is 5.33. The summed E-state index contributed by atoms with van der Waals surface area (Å²) in [5.41, 5.74) is -1.43. The molecule has 0 spiro atoms. The minimum Gasteiger partial charge on any atom is -0.247 e. The molecule has 0 aliphatic carbocycles. The summed E-state index contributed by atoms with van der Waals surface area (Å²) in [6.07, 6.45) is 0. The second-order valence-corrected chi connectivity index (χ2v) is 3.21.